The van der Waals surface area contributed by atoms with Gasteiger partial charge in [0.25, 0.3) is 0 Å². The van der Waals surface area contributed by atoms with E-state index in [9.17, 15) is 13.2 Å². The molecule has 1 unspecified atom stereocenters. The Balaban J connectivity index is 4.65. The first-order valence-corrected chi connectivity index (χ1v) is 4.81. The Morgan fingerprint density at radius 3 is 2.18 bits per heavy atom. The molecule has 0 aliphatic carbocycles. The van der Waals surface area contributed by atoms with Gasteiger partial charge in [-0.3, -0.25) is 4.79 Å². The average molecular weight is 181 g/mol. The molecule has 0 bridgehead atoms. The minimum atomic E-state index is -3.53. The second kappa shape index (κ2) is 3.68. The SMILES string of the molecule is CCS(=O)(=O)C(CN)C(=O)O. The third-order valence-corrected chi connectivity index (χ3v) is 3.39. The van der Waals surface area contributed by atoms with Gasteiger partial charge in [-0.05, 0) is 0 Å². The standard InChI is InChI=1S/C5H11NO4S/c1-2-11(9,10)4(3-6)5(7)8/h4H,2-3,6H2,1H3,(H,7,8). The lowest BCUT2D eigenvalue weighted by molar-refractivity contribution is -0.136. The molecule has 0 saturated heterocycles. The van der Waals surface area contributed by atoms with Crippen molar-refractivity contribution in [2.45, 2.75) is 12.2 Å². The number of hydrogen-bond donors (Lipinski definition) is 2. The van der Waals surface area contributed by atoms with Gasteiger partial charge < -0.3 is 10.8 Å². The summed E-state index contributed by atoms with van der Waals surface area (Å²) in [6.07, 6.45) is 0. The summed E-state index contributed by atoms with van der Waals surface area (Å²) in [5.74, 6) is -1.57. The van der Waals surface area contributed by atoms with E-state index in [-0.39, 0.29) is 12.3 Å². The van der Waals surface area contributed by atoms with Crippen LogP contribution < -0.4 is 5.73 Å². The number of rotatable bonds is 4. The fourth-order valence-corrected chi connectivity index (χ4v) is 1.61. The molecule has 1 atom stereocenters. The molecule has 0 aromatic rings. The van der Waals surface area contributed by atoms with Crippen molar-refractivity contribution >= 4 is 15.8 Å². The molecule has 0 saturated carbocycles. The summed E-state index contributed by atoms with van der Waals surface area (Å²) >= 11 is 0. The second-order valence-corrected chi connectivity index (χ2v) is 4.49. The van der Waals surface area contributed by atoms with Crippen molar-refractivity contribution < 1.29 is 18.3 Å². The van der Waals surface area contributed by atoms with Crippen molar-refractivity contribution in [1.29, 1.82) is 0 Å². The van der Waals surface area contributed by atoms with Crippen molar-refractivity contribution in [1.82, 2.24) is 0 Å². The lowest BCUT2D eigenvalue weighted by Crippen LogP contribution is -2.37. The molecule has 3 N–H and O–H groups in total. The third-order valence-electron chi connectivity index (χ3n) is 1.33. The van der Waals surface area contributed by atoms with Gasteiger partial charge in [0.2, 0.25) is 0 Å². The van der Waals surface area contributed by atoms with Crippen LogP contribution in [0.5, 0.6) is 0 Å². The summed E-state index contributed by atoms with van der Waals surface area (Å²) in [5.41, 5.74) is 4.98. The minimum Gasteiger partial charge on any atom is -0.480 e. The van der Waals surface area contributed by atoms with Gasteiger partial charge in [0.05, 0.1) is 0 Å². The first-order chi connectivity index (χ1) is 4.95. The Hall–Kier alpha value is -0.620. The Labute approximate surface area is 65.1 Å². The molecular weight excluding hydrogens is 170 g/mol. The van der Waals surface area contributed by atoms with E-state index in [1.54, 1.807) is 0 Å². The molecule has 0 aliphatic rings. The Morgan fingerprint density at radius 1 is 1.64 bits per heavy atom. The van der Waals surface area contributed by atoms with Gasteiger partial charge in [-0.25, -0.2) is 8.42 Å². The maximum atomic E-state index is 10.9. The molecule has 0 aromatic carbocycles. The van der Waals surface area contributed by atoms with E-state index in [4.69, 9.17) is 10.8 Å². The van der Waals surface area contributed by atoms with E-state index >= 15 is 0 Å². The topological polar surface area (TPSA) is 97.5 Å². The molecule has 66 valence electrons. The van der Waals surface area contributed by atoms with Gasteiger partial charge in [0.15, 0.2) is 15.1 Å². The molecule has 11 heavy (non-hydrogen) atoms. The van der Waals surface area contributed by atoms with Crippen LogP contribution in [0.2, 0.25) is 0 Å². The van der Waals surface area contributed by atoms with Crippen molar-refractivity contribution in [2.24, 2.45) is 5.73 Å². The van der Waals surface area contributed by atoms with Gasteiger partial charge in [-0.15, -0.1) is 0 Å². The molecular formula is C5H11NO4S. The lowest BCUT2D eigenvalue weighted by atomic mass is 10.4. The van der Waals surface area contributed by atoms with Crippen LogP contribution in [0.15, 0.2) is 0 Å². The number of hydrogen-bond acceptors (Lipinski definition) is 4. The van der Waals surface area contributed by atoms with Crippen molar-refractivity contribution in [3.05, 3.63) is 0 Å². The summed E-state index contributed by atoms with van der Waals surface area (Å²) in [7, 11) is -3.53. The smallest absolute Gasteiger partial charge is 0.323 e. The number of aliphatic carboxylic acids is 1. The van der Waals surface area contributed by atoms with E-state index in [1.807, 2.05) is 0 Å². The zero-order chi connectivity index (χ0) is 9.07. The summed E-state index contributed by atoms with van der Waals surface area (Å²) in [4.78, 5) is 10.3. The van der Waals surface area contributed by atoms with Gasteiger partial charge in [-0.1, -0.05) is 6.92 Å². The summed E-state index contributed by atoms with van der Waals surface area (Å²) < 4.78 is 21.8. The number of carboxylic acid groups (broad SMARTS) is 1. The average Bonchev–Trinajstić information content (AvgIpc) is 1.88. The fourth-order valence-electron chi connectivity index (χ4n) is 0.602. The summed E-state index contributed by atoms with van der Waals surface area (Å²) in [6, 6.07) is 0. The summed E-state index contributed by atoms with van der Waals surface area (Å²) in [6.45, 7) is 1.02. The van der Waals surface area contributed by atoms with Crippen molar-refractivity contribution in [2.75, 3.05) is 12.3 Å². The third kappa shape index (κ3) is 2.47. The fraction of sp³-hybridized carbons (Fsp3) is 0.800. The molecule has 0 fully saturated rings. The predicted molar refractivity (Wildman–Crippen MR) is 39.9 cm³/mol. The zero-order valence-corrected chi connectivity index (χ0v) is 6.97. The molecule has 0 aromatic heterocycles. The van der Waals surface area contributed by atoms with Crippen LogP contribution in [0.3, 0.4) is 0 Å². The van der Waals surface area contributed by atoms with Crippen LogP contribution in [0, 0.1) is 0 Å². The van der Waals surface area contributed by atoms with E-state index in [0.29, 0.717) is 0 Å². The predicted octanol–water partition coefficient (Wildman–Crippen LogP) is -1.17. The first kappa shape index (κ1) is 10.4. The van der Waals surface area contributed by atoms with Crippen LogP contribution in [0.25, 0.3) is 0 Å². The molecule has 0 rings (SSSR count). The first-order valence-electron chi connectivity index (χ1n) is 3.10. The minimum absolute atomic E-state index is 0.193. The number of carbonyl (C=O) groups is 1. The Kier molecular flexibility index (Phi) is 3.47. The van der Waals surface area contributed by atoms with Crippen LogP contribution in [-0.4, -0.2) is 37.0 Å². The molecule has 0 aliphatic heterocycles. The highest BCUT2D eigenvalue weighted by Crippen LogP contribution is 2.00. The highest BCUT2D eigenvalue weighted by molar-refractivity contribution is 7.92. The normalized spacial score (nSPS) is 14.4. The van der Waals surface area contributed by atoms with Crippen LogP contribution in [0.1, 0.15) is 6.92 Å². The van der Waals surface area contributed by atoms with Crippen LogP contribution in [0.4, 0.5) is 0 Å². The summed E-state index contributed by atoms with van der Waals surface area (Å²) in [5, 5.41) is 6.93. The maximum absolute atomic E-state index is 10.9. The zero-order valence-electron chi connectivity index (χ0n) is 6.15. The van der Waals surface area contributed by atoms with Gasteiger partial charge in [0, 0.05) is 12.3 Å². The van der Waals surface area contributed by atoms with E-state index in [1.165, 1.54) is 6.92 Å². The Bertz CT molecular complexity index is 233. The monoisotopic (exact) mass is 181 g/mol. The molecule has 0 heterocycles. The largest absolute Gasteiger partial charge is 0.480 e. The van der Waals surface area contributed by atoms with E-state index < -0.39 is 21.1 Å². The molecule has 5 nitrogen and oxygen atoms in total. The van der Waals surface area contributed by atoms with Gasteiger partial charge >= 0.3 is 5.97 Å². The lowest BCUT2D eigenvalue weighted by Gasteiger charge is -2.07. The highest BCUT2D eigenvalue weighted by atomic mass is 32.2. The van der Waals surface area contributed by atoms with Crippen molar-refractivity contribution in [3.63, 3.8) is 0 Å². The Morgan fingerprint density at radius 2 is 2.09 bits per heavy atom. The van der Waals surface area contributed by atoms with E-state index in [2.05, 4.69) is 0 Å². The molecule has 6 heteroatoms. The van der Waals surface area contributed by atoms with Crippen LogP contribution in [-0.2, 0) is 14.6 Å². The molecule has 0 radical (unpaired) electrons. The van der Waals surface area contributed by atoms with Gasteiger partial charge in [-0.2, -0.15) is 0 Å². The number of carboxylic acids is 1. The van der Waals surface area contributed by atoms with E-state index in [0.717, 1.165) is 0 Å². The second-order valence-electron chi connectivity index (χ2n) is 2.01. The molecule has 0 spiro atoms. The van der Waals surface area contributed by atoms with Crippen molar-refractivity contribution in [3.8, 4) is 0 Å². The number of nitrogens with two attached hydrogens (primary N) is 1. The quantitative estimate of drug-likeness (QED) is 0.569. The molecule has 0 amide bonds. The highest BCUT2D eigenvalue weighted by Gasteiger charge is 2.28. The number of sulfone groups is 1. The van der Waals surface area contributed by atoms with Gasteiger partial charge in [0.1, 0.15) is 0 Å². The van der Waals surface area contributed by atoms with Crippen LogP contribution >= 0.6 is 0 Å². The maximum Gasteiger partial charge on any atom is 0.323 e.